The third-order valence-electron chi connectivity index (χ3n) is 2.86. The second-order valence-electron chi connectivity index (χ2n) is 4.23. The first-order valence-corrected chi connectivity index (χ1v) is 7.06. The van der Waals surface area contributed by atoms with Gasteiger partial charge in [-0.05, 0) is 30.7 Å². The van der Waals surface area contributed by atoms with Crippen molar-refractivity contribution in [2.75, 3.05) is 0 Å². The fourth-order valence-electron chi connectivity index (χ4n) is 1.76. The van der Waals surface area contributed by atoms with Gasteiger partial charge in [0.25, 0.3) is 0 Å². The number of carbonyl (C=O) groups is 1. The van der Waals surface area contributed by atoms with Gasteiger partial charge in [-0.2, -0.15) is 5.10 Å². The van der Waals surface area contributed by atoms with Crippen LogP contribution in [0.25, 0.3) is 0 Å². The molecular formula is C14H16N2O2S. The number of carboxylic acid groups (broad SMARTS) is 1. The minimum atomic E-state index is -0.892. The largest absolute Gasteiger partial charge is 0.478 e. The Morgan fingerprint density at radius 1 is 1.42 bits per heavy atom. The fourth-order valence-corrected chi connectivity index (χ4v) is 2.73. The lowest BCUT2D eigenvalue weighted by Gasteiger charge is -2.03. The Bertz CT molecular complexity index is 593. The molecule has 0 amide bonds. The molecule has 1 N–H and O–H groups in total. The molecule has 0 unspecified atom stereocenters. The smallest absolute Gasteiger partial charge is 0.335 e. The zero-order chi connectivity index (χ0) is 13.8. The van der Waals surface area contributed by atoms with Crippen molar-refractivity contribution in [1.29, 1.82) is 0 Å². The van der Waals surface area contributed by atoms with E-state index in [0.29, 0.717) is 5.56 Å². The number of aryl methyl sites for hydroxylation is 2. The van der Waals surface area contributed by atoms with Crippen LogP contribution in [-0.2, 0) is 19.2 Å². The topological polar surface area (TPSA) is 55.1 Å². The molecule has 2 rings (SSSR count). The van der Waals surface area contributed by atoms with E-state index in [1.807, 2.05) is 17.8 Å². The second-order valence-corrected chi connectivity index (χ2v) is 5.27. The summed E-state index contributed by atoms with van der Waals surface area (Å²) in [7, 11) is 1.93. The van der Waals surface area contributed by atoms with Gasteiger partial charge in [0.2, 0.25) is 0 Å². The van der Waals surface area contributed by atoms with Crippen molar-refractivity contribution in [3.63, 3.8) is 0 Å². The highest BCUT2D eigenvalue weighted by Gasteiger charge is 2.06. The molecule has 0 saturated heterocycles. The van der Waals surface area contributed by atoms with E-state index >= 15 is 0 Å². The van der Waals surface area contributed by atoms with Gasteiger partial charge < -0.3 is 5.11 Å². The van der Waals surface area contributed by atoms with Crippen LogP contribution in [0.3, 0.4) is 0 Å². The maximum Gasteiger partial charge on any atom is 0.335 e. The van der Waals surface area contributed by atoms with Gasteiger partial charge in [-0.3, -0.25) is 4.68 Å². The maximum atomic E-state index is 10.9. The van der Waals surface area contributed by atoms with E-state index in [2.05, 4.69) is 18.1 Å². The van der Waals surface area contributed by atoms with Crippen LogP contribution in [0, 0.1) is 0 Å². The SMILES string of the molecule is CCc1cc(CSc2cccc(C(=O)O)c2)n(C)n1. The summed E-state index contributed by atoms with van der Waals surface area (Å²) in [6.07, 6.45) is 0.924. The maximum absolute atomic E-state index is 10.9. The molecule has 0 saturated carbocycles. The lowest BCUT2D eigenvalue weighted by Crippen LogP contribution is -1.97. The molecular weight excluding hydrogens is 260 g/mol. The Kier molecular flexibility index (Phi) is 4.27. The lowest BCUT2D eigenvalue weighted by atomic mass is 10.2. The van der Waals surface area contributed by atoms with Crippen molar-refractivity contribution < 1.29 is 9.90 Å². The van der Waals surface area contributed by atoms with E-state index in [-0.39, 0.29) is 0 Å². The third-order valence-corrected chi connectivity index (χ3v) is 3.88. The molecule has 19 heavy (non-hydrogen) atoms. The second kappa shape index (κ2) is 5.93. The van der Waals surface area contributed by atoms with E-state index in [0.717, 1.165) is 28.5 Å². The minimum Gasteiger partial charge on any atom is -0.478 e. The highest BCUT2D eigenvalue weighted by Crippen LogP contribution is 2.23. The number of rotatable bonds is 5. The summed E-state index contributed by atoms with van der Waals surface area (Å²) >= 11 is 1.62. The summed E-state index contributed by atoms with van der Waals surface area (Å²) in [6, 6.07) is 9.09. The van der Waals surface area contributed by atoms with Crippen molar-refractivity contribution in [1.82, 2.24) is 9.78 Å². The van der Waals surface area contributed by atoms with Crippen LogP contribution in [0.2, 0.25) is 0 Å². The van der Waals surface area contributed by atoms with Gasteiger partial charge in [-0.1, -0.05) is 13.0 Å². The van der Waals surface area contributed by atoms with Gasteiger partial charge in [0.15, 0.2) is 0 Å². The van der Waals surface area contributed by atoms with Gasteiger partial charge in [0.05, 0.1) is 11.3 Å². The Balaban J connectivity index is 2.07. The minimum absolute atomic E-state index is 0.323. The van der Waals surface area contributed by atoms with E-state index < -0.39 is 5.97 Å². The lowest BCUT2D eigenvalue weighted by molar-refractivity contribution is 0.0696. The number of benzene rings is 1. The van der Waals surface area contributed by atoms with E-state index in [4.69, 9.17) is 5.11 Å². The first kappa shape index (κ1) is 13.7. The van der Waals surface area contributed by atoms with Gasteiger partial charge in [0, 0.05) is 23.4 Å². The molecule has 0 fully saturated rings. The summed E-state index contributed by atoms with van der Waals surface area (Å²) in [5.74, 6) is -0.108. The first-order chi connectivity index (χ1) is 9.10. The zero-order valence-corrected chi connectivity index (χ0v) is 11.8. The Hall–Kier alpha value is -1.75. The van der Waals surface area contributed by atoms with Crippen LogP contribution in [0.4, 0.5) is 0 Å². The number of nitrogens with zero attached hydrogens (tertiary/aromatic N) is 2. The predicted octanol–water partition coefficient (Wildman–Crippen LogP) is 2.97. The molecule has 100 valence electrons. The molecule has 1 aromatic heterocycles. The Morgan fingerprint density at radius 3 is 2.84 bits per heavy atom. The number of hydrogen-bond donors (Lipinski definition) is 1. The molecule has 0 aliphatic heterocycles. The summed E-state index contributed by atoms with van der Waals surface area (Å²) < 4.78 is 1.88. The number of aromatic nitrogens is 2. The van der Waals surface area contributed by atoms with Crippen molar-refractivity contribution in [3.8, 4) is 0 Å². The summed E-state index contributed by atoms with van der Waals surface area (Å²) in [5.41, 5.74) is 2.55. The highest BCUT2D eigenvalue weighted by molar-refractivity contribution is 7.98. The number of thioether (sulfide) groups is 1. The molecule has 0 spiro atoms. The fraction of sp³-hybridized carbons (Fsp3) is 0.286. The molecule has 0 bridgehead atoms. The normalized spacial score (nSPS) is 10.6. The van der Waals surface area contributed by atoms with Crippen LogP contribution >= 0.6 is 11.8 Å². The van der Waals surface area contributed by atoms with Crippen LogP contribution in [0.1, 0.15) is 28.7 Å². The average Bonchev–Trinajstić information content (AvgIpc) is 2.77. The average molecular weight is 276 g/mol. The third kappa shape index (κ3) is 3.38. The number of aromatic carboxylic acids is 1. The van der Waals surface area contributed by atoms with Crippen molar-refractivity contribution in [2.24, 2.45) is 7.05 Å². The predicted molar refractivity (Wildman–Crippen MR) is 75.5 cm³/mol. The zero-order valence-electron chi connectivity index (χ0n) is 11.0. The van der Waals surface area contributed by atoms with E-state index in [1.165, 1.54) is 0 Å². The Morgan fingerprint density at radius 2 is 2.21 bits per heavy atom. The molecule has 2 aromatic rings. The first-order valence-electron chi connectivity index (χ1n) is 6.08. The summed E-state index contributed by atoms with van der Waals surface area (Å²) in [5, 5.41) is 13.3. The Labute approximate surface area is 116 Å². The molecule has 0 aliphatic carbocycles. The van der Waals surface area contributed by atoms with Gasteiger partial charge in [-0.25, -0.2) is 4.79 Å². The summed E-state index contributed by atoms with van der Waals surface area (Å²) in [4.78, 5) is 11.9. The quantitative estimate of drug-likeness (QED) is 0.853. The summed E-state index contributed by atoms with van der Waals surface area (Å²) in [6.45, 7) is 2.08. The van der Waals surface area contributed by atoms with Crippen LogP contribution < -0.4 is 0 Å². The van der Waals surface area contributed by atoms with Crippen molar-refractivity contribution >= 4 is 17.7 Å². The molecule has 0 radical (unpaired) electrons. The molecule has 1 heterocycles. The number of carboxylic acids is 1. The monoisotopic (exact) mass is 276 g/mol. The van der Waals surface area contributed by atoms with E-state index in [1.54, 1.807) is 30.0 Å². The van der Waals surface area contributed by atoms with Gasteiger partial charge in [0.1, 0.15) is 0 Å². The highest BCUT2D eigenvalue weighted by atomic mass is 32.2. The van der Waals surface area contributed by atoms with E-state index in [9.17, 15) is 4.79 Å². The van der Waals surface area contributed by atoms with Crippen molar-refractivity contribution in [3.05, 3.63) is 47.3 Å². The van der Waals surface area contributed by atoms with Crippen LogP contribution in [0.15, 0.2) is 35.2 Å². The number of hydrogen-bond acceptors (Lipinski definition) is 3. The van der Waals surface area contributed by atoms with Crippen LogP contribution in [0.5, 0.6) is 0 Å². The standard InChI is InChI=1S/C14H16N2O2S/c1-3-11-8-12(16(2)15-11)9-19-13-6-4-5-10(7-13)14(17)18/h4-8H,3,9H2,1-2H3,(H,17,18). The molecule has 0 atom stereocenters. The van der Waals surface area contributed by atoms with Crippen LogP contribution in [-0.4, -0.2) is 20.9 Å². The molecule has 1 aromatic carbocycles. The molecule has 0 aliphatic rings. The van der Waals surface area contributed by atoms with Crippen molar-refractivity contribution in [2.45, 2.75) is 24.0 Å². The molecule has 4 nitrogen and oxygen atoms in total. The van der Waals surface area contributed by atoms with Gasteiger partial charge >= 0.3 is 5.97 Å². The van der Waals surface area contributed by atoms with Gasteiger partial charge in [-0.15, -0.1) is 11.8 Å². The molecule has 5 heteroatoms.